The molecular weight excluding hydrogens is 278 g/mol. The molecule has 0 heterocycles. The summed E-state index contributed by atoms with van der Waals surface area (Å²) in [7, 11) is 0. The Kier molecular flexibility index (Phi) is 6.40. The van der Waals surface area contributed by atoms with Gasteiger partial charge in [0.1, 0.15) is 0 Å². The second kappa shape index (κ2) is 8.54. The van der Waals surface area contributed by atoms with E-state index in [-0.39, 0.29) is 11.8 Å². The lowest BCUT2D eigenvalue weighted by atomic mass is 9.95. The second-order valence-electron chi connectivity index (χ2n) is 5.74. The highest BCUT2D eigenvalue weighted by Gasteiger charge is 2.13. The van der Waals surface area contributed by atoms with Crippen LogP contribution in [0.25, 0.3) is 0 Å². The lowest BCUT2D eigenvalue weighted by Crippen LogP contribution is -2.37. The largest absolute Gasteiger partial charge is 0.326 e. The SMILES string of the molecule is CCC(=O)Nc1ccc(NC(=O)CNC2CCCCC2)cc1. The maximum Gasteiger partial charge on any atom is 0.238 e. The third kappa shape index (κ3) is 5.48. The van der Waals surface area contributed by atoms with E-state index in [1.165, 1.54) is 32.1 Å². The third-order valence-electron chi connectivity index (χ3n) is 3.93. The Bertz CT molecular complexity index is 493. The van der Waals surface area contributed by atoms with Gasteiger partial charge >= 0.3 is 0 Å². The molecule has 1 fully saturated rings. The Morgan fingerprint density at radius 1 is 0.955 bits per heavy atom. The minimum absolute atomic E-state index is 0.0199. The van der Waals surface area contributed by atoms with Crippen LogP contribution in [0.5, 0.6) is 0 Å². The Balaban J connectivity index is 1.75. The molecule has 120 valence electrons. The van der Waals surface area contributed by atoms with Gasteiger partial charge in [-0.25, -0.2) is 0 Å². The first kappa shape index (κ1) is 16.5. The summed E-state index contributed by atoms with van der Waals surface area (Å²) >= 11 is 0. The lowest BCUT2D eigenvalue weighted by molar-refractivity contribution is -0.116. The first-order valence-corrected chi connectivity index (χ1v) is 8.10. The van der Waals surface area contributed by atoms with Crippen LogP contribution in [0, 0.1) is 0 Å². The number of hydrogen-bond donors (Lipinski definition) is 3. The van der Waals surface area contributed by atoms with E-state index in [4.69, 9.17) is 0 Å². The van der Waals surface area contributed by atoms with Gasteiger partial charge in [0.15, 0.2) is 0 Å². The molecule has 22 heavy (non-hydrogen) atoms. The van der Waals surface area contributed by atoms with Crippen LogP contribution in [0.15, 0.2) is 24.3 Å². The molecule has 5 heteroatoms. The highest BCUT2D eigenvalue weighted by atomic mass is 16.2. The van der Waals surface area contributed by atoms with Crippen LogP contribution in [0.3, 0.4) is 0 Å². The van der Waals surface area contributed by atoms with Gasteiger partial charge in [0.2, 0.25) is 11.8 Å². The van der Waals surface area contributed by atoms with Crippen LogP contribution in [-0.4, -0.2) is 24.4 Å². The topological polar surface area (TPSA) is 70.2 Å². The molecule has 0 radical (unpaired) electrons. The molecule has 0 spiro atoms. The summed E-state index contributed by atoms with van der Waals surface area (Å²) in [4.78, 5) is 23.2. The summed E-state index contributed by atoms with van der Waals surface area (Å²) in [5, 5.41) is 8.96. The summed E-state index contributed by atoms with van der Waals surface area (Å²) in [5.41, 5.74) is 1.48. The number of benzene rings is 1. The van der Waals surface area contributed by atoms with Crippen LogP contribution in [0.1, 0.15) is 45.4 Å². The van der Waals surface area contributed by atoms with Gasteiger partial charge in [-0.3, -0.25) is 9.59 Å². The predicted molar refractivity (Wildman–Crippen MR) is 88.9 cm³/mol. The van der Waals surface area contributed by atoms with Crippen molar-refractivity contribution in [2.45, 2.75) is 51.5 Å². The molecule has 0 unspecified atom stereocenters. The molecule has 2 amide bonds. The van der Waals surface area contributed by atoms with Crippen molar-refractivity contribution >= 4 is 23.2 Å². The number of carbonyl (C=O) groups is 2. The van der Waals surface area contributed by atoms with Gasteiger partial charge < -0.3 is 16.0 Å². The standard InChI is InChI=1S/C17H25N3O2/c1-2-16(21)19-14-8-10-15(11-9-14)20-17(22)12-18-13-6-4-3-5-7-13/h8-11,13,18H,2-7,12H2,1H3,(H,19,21)(H,20,22). The predicted octanol–water partition coefficient (Wildman–Crippen LogP) is 2.90. The average molecular weight is 303 g/mol. The number of rotatable bonds is 6. The Hall–Kier alpha value is -1.88. The van der Waals surface area contributed by atoms with Crippen molar-refractivity contribution in [3.8, 4) is 0 Å². The van der Waals surface area contributed by atoms with Gasteiger partial charge in [0.05, 0.1) is 6.54 Å². The van der Waals surface area contributed by atoms with Crippen molar-refractivity contribution in [1.29, 1.82) is 0 Å². The van der Waals surface area contributed by atoms with Gasteiger partial charge in [-0.2, -0.15) is 0 Å². The molecule has 0 saturated heterocycles. The first-order chi connectivity index (χ1) is 10.7. The van der Waals surface area contributed by atoms with Gasteiger partial charge in [-0.1, -0.05) is 26.2 Å². The molecule has 1 aromatic rings. The summed E-state index contributed by atoms with van der Waals surface area (Å²) in [5.74, 6) is -0.0515. The minimum atomic E-state index is -0.0316. The van der Waals surface area contributed by atoms with E-state index in [9.17, 15) is 9.59 Å². The zero-order valence-electron chi connectivity index (χ0n) is 13.2. The highest BCUT2D eigenvalue weighted by molar-refractivity contribution is 5.93. The molecule has 0 aliphatic heterocycles. The quantitative estimate of drug-likeness (QED) is 0.757. The van der Waals surface area contributed by atoms with Gasteiger partial charge in [0, 0.05) is 23.8 Å². The van der Waals surface area contributed by atoms with Crippen molar-refractivity contribution in [2.75, 3.05) is 17.2 Å². The molecular formula is C17H25N3O2. The van der Waals surface area contributed by atoms with E-state index < -0.39 is 0 Å². The van der Waals surface area contributed by atoms with Crippen molar-refractivity contribution in [2.24, 2.45) is 0 Å². The number of anilines is 2. The molecule has 1 saturated carbocycles. The van der Waals surface area contributed by atoms with E-state index in [1.54, 1.807) is 24.3 Å². The van der Waals surface area contributed by atoms with E-state index in [1.807, 2.05) is 6.92 Å². The summed E-state index contributed by atoms with van der Waals surface area (Å²) in [6, 6.07) is 7.65. The summed E-state index contributed by atoms with van der Waals surface area (Å²) in [6.07, 6.45) is 6.60. The second-order valence-corrected chi connectivity index (χ2v) is 5.74. The first-order valence-electron chi connectivity index (χ1n) is 8.10. The number of nitrogens with one attached hydrogen (secondary N) is 3. The average Bonchev–Trinajstić information content (AvgIpc) is 2.55. The molecule has 0 bridgehead atoms. The highest BCUT2D eigenvalue weighted by Crippen LogP contribution is 2.17. The summed E-state index contributed by atoms with van der Waals surface area (Å²) < 4.78 is 0. The molecule has 0 aromatic heterocycles. The Morgan fingerprint density at radius 3 is 2.05 bits per heavy atom. The smallest absolute Gasteiger partial charge is 0.238 e. The molecule has 3 N–H and O–H groups in total. The molecule has 2 rings (SSSR count). The maximum absolute atomic E-state index is 11.9. The molecule has 0 atom stereocenters. The molecule has 5 nitrogen and oxygen atoms in total. The van der Waals surface area contributed by atoms with Gasteiger partial charge in [-0.05, 0) is 37.1 Å². The zero-order valence-corrected chi connectivity index (χ0v) is 13.2. The van der Waals surface area contributed by atoms with Crippen molar-refractivity contribution in [1.82, 2.24) is 5.32 Å². The van der Waals surface area contributed by atoms with Gasteiger partial charge in [-0.15, -0.1) is 0 Å². The van der Waals surface area contributed by atoms with Crippen LogP contribution < -0.4 is 16.0 Å². The zero-order chi connectivity index (χ0) is 15.8. The van der Waals surface area contributed by atoms with Crippen molar-refractivity contribution < 1.29 is 9.59 Å². The minimum Gasteiger partial charge on any atom is -0.326 e. The van der Waals surface area contributed by atoms with Crippen LogP contribution >= 0.6 is 0 Å². The Morgan fingerprint density at radius 2 is 1.50 bits per heavy atom. The van der Waals surface area contributed by atoms with E-state index in [0.717, 1.165) is 11.4 Å². The summed E-state index contributed by atoms with van der Waals surface area (Å²) in [6.45, 7) is 2.15. The van der Waals surface area contributed by atoms with Gasteiger partial charge in [0.25, 0.3) is 0 Å². The van der Waals surface area contributed by atoms with E-state index in [2.05, 4.69) is 16.0 Å². The molecule has 1 aromatic carbocycles. The fourth-order valence-corrected chi connectivity index (χ4v) is 2.64. The van der Waals surface area contributed by atoms with E-state index in [0.29, 0.717) is 19.0 Å². The fourth-order valence-electron chi connectivity index (χ4n) is 2.64. The van der Waals surface area contributed by atoms with Crippen molar-refractivity contribution in [3.05, 3.63) is 24.3 Å². The third-order valence-corrected chi connectivity index (χ3v) is 3.93. The lowest BCUT2D eigenvalue weighted by Gasteiger charge is -2.22. The Labute approximate surface area is 131 Å². The maximum atomic E-state index is 11.9. The van der Waals surface area contributed by atoms with E-state index >= 15 is 0 Å². The van der Waals surface area contributed by atoms with Crippen molar-refractivity contribution in [3.63, 3.8) is 0 Å². The molecule has 1 aliphatic carbocycles. The van der Waals surface area contributed by atoms with Crippen LogP contribution in [0.4, 0.5) is 11.4 Å². The monoisotopic (exact) mass is 303 g/mol. The normalized spacial score (nSPS) is 15.3. The van der Waals surface area contributed by atoms with Crippen LogP contribution in [-0.2, 0) is 9.59 Å². The molecule has 1 aliphatic rings. The number of carbonyl (C=O) groups excluding carboxylic acids is 2. The number of hydrogen-bond acceptors (Lipinski definition) is 3. The van der Waals surface area contributed by atoms with Crippen LogP contribution in [0.2, 0.25) is 0 Å². The number of amides is 2. The fraction of sp³-hybridized carbons (Fsp3) is 0.529.